The standard InChI is InChI=1S/C24H17F4N3O3S/c1-10-4-6-13(11(2)8-10)23-30-14-9-12(5-7-15(14)34-23)29-24(35)31-22(32)16-17(25)19(27)21(33-3)20(28)18(16)26/h4-9H,1-3H3,(H2,29,31,32,35). The molecule has 0 aliphatic heterocycles. The van der Waals surface area contributed by atoms with Gasteiger partial charge in [0.25, 0.3) is 5.91 Å². The third-order valence-electron chi connectivity index (χ3n) is 5.14. The number of ether oxygens (including phenoxy) is 1. The van der Waals surface area contributed by atoms with Crippen molar-refractivity contribution in [2.75, 3.05) is 12.4 Å². The average Bonchev–Trinajstić information content (AvgIpc) is 3.21. The molecule has 3 aromatic carbocycles. The van der Waals surface area contributed by atoms with E-state index in [1.807, 2.05) is 37.4 Å². The van der Waals surface area contributed by atoms with Crippen LogP contribution in [-0.2, 0) is 0 Å². The fourth-order valence-electron chi connectivity index (χ4n) is 3.49. The molecule has 4 aromatic rings. The SMILES string of the molecule is COc1c(F)c(F)c(C(=O)NC(=S)Nc2ccc3oc(-c4ccc(C)cc4C)nc3c2)c(F)c1F. The van der Waals surface area contributed by atoms with Crippen molar-refractivity contribution in [2.45, 2.75) is 13.8 Å². The number of aryl methyl sites for hydroxylation is 2. The molecule has 4 rings (SSSR count). The van der Waals surface area contributed by atoms with E-state index in [1.165, 1.54) is 0 Å². The Balaban J connectivity index is 1.54. The third kappa shape index (κ3) is 4.54. The van der Waals surface area contributed by atoms with Crippen LogP contribution in [0.15, 0.2) is 40.8 Å². The highest BCUT2D eigenvalue weighted by molar-refractivity contribution is 7.80. The van der Waals surface area contributed by atoms with E-state index in [-0.39, 0.29) is 5.11 Å². The summed E-state index contributed by atoms with van der Waals surface area (Å²) in [4.78, 5) is 16.8. The quantitative estimate of drug-likeness (QED) is 0.208. The second-order valence-electron chi connectivity index (χ2n) is 7.59. The maximum Gasteiger partial charge on any atom is 0.263 e. The number of thiocarbonyl (C=S) groups is 1. The summed E-state index contributed by atoms with van der Waals surface area (Å²) in [6.45, 7) is 3.92. The first-order valence-electron chi connectivity index (χ1n) is 10.1. The minimum Gasteiger partial charge on any atom is -0.491 e. The second kappa shape index (κ2) is 9.34. The number of methoxy groups -OCH3 is 1. The number of rotatable bonds is 4. The summed E-state index contributed by atoms with van der Waals surface area (Å²) in [6.07, 6.45) is 0. The van der Waals surface area contributed by atoms with Gasteiger partial charge < -0.3 is 14.5 Å². The van der Waals surface area contributed by atoms with E-state index in [0.717, 1.165) is 23.8 Å². The van der Waals surface area contributed by atoms with E-state index in [0.29, 0.717) is 22.7 Å². The van der Waals surface area contributed by atoms with Crippen LogP contribution >= 0.6 is 12.2 Å². The number of benzene rings is 3. The topological polar surface area (TPSA) is 76.4 Å². The van der Waals surface area contributed by atoms with Gasteiger partial charge >= 0.3 is 0 Å². The van der Waals surface area contributed by atoms with Crippen LogP contribution in [0.1, 0.15) is 21.5 Å². The number of nitrogens with zero attached hydrogens (tertiary/aromatic N) is 1. The minimum atomic E-state index is -1.91. The van der Waals surface area contributed by atoms with Crippen LogP contribution in [0.4, 0.5) is 23.2 Å². The van der Waals surface area contributed by atoms with Gasteiger partial charge in [0.2, 0.25) is 17.5 Å². The Morgan fingerprint density at radius 1 is 1.00 bits per heavy atom. The number of anilines is 1. The number of hydrogen-bond acceptors (Lipinski definition) is 5. The molecule has 1 heterocycles. The van der Waals surface area contributed by atoms with Gasteiger partial charge in [-0.25, -0.2) is 13.8 Å². The zero-order chi connectivity index (χ0) is 25.4. The maximum absolute atomic E-state index is 14.2. The zero-order valence-electron chi connectivity index (χ0n) is 18.6. The van der Waals surface area contributed by atoms with Crippen LogP contribution < -0.4 is 15.4 Å². The van der Waals surface area contributed by atoms with Crippen LogP contribution in [0, 0.1) is 37.1 Å². The van der Waals surface area contributed by atoms with Crippen LogP contribution in [0.25, 0.3) is 22.6 Å². The lowest BCUT2D eigenvalue weighted by atomic mass is 10.1. The predicted octanol–water partition coefficient (Wildman–Crippen LogP) is 5.80. The highest BCUT2D eigenvalue weighted by Gasteiger charge is 2.30. The monoisotopic (exact) mass is 503 g/mol. The zero-order valence-corrected chi connectivity index (χ0v) is 19.4. The van der Waals surface area contributed by atoms with E-state index >= 15 is 0 Å². The van der Waals surface area contributed by atoms with Crippen molar-refractivity contribution in [3.63, 3.8) is 0 Å². The van der Waals surface area contributed by atoms with Gasteiger partial charge in [-0.1, -0.05) is 17.7 Å². The number of hydrogen-bond donors (Lipinski definition) is 2. The molecule has 180 valence electrons. The Labute approximate surface area is 201 Å². The first kappa shape index (κ1) is 24.1. The smallest absolute Gasteiger partial charge is 0.263 e. The molecular formula is C24H17F4N3O3S. The van der Waals surface area contributed by atoms with Crippen molar-refractivity contribution >= 4 is 40.0 Å². The average molecular weight is 503 g/mol. The van der Waals surface area contributed by atoms with E-state index in [1.54, 1.807) is 18.2 Å². The number of carbonyl (C=O) groups excluding carboxylic acids is 1. The summed E-state index contributed by atoms with van der Waals surface area (Å²) in [5, 5.41) is 4.28. The Morgan fingerprint density at radius 2 is 1.69 bits per heavy atom. The van der Waals surface area contributed by atoms with E-state index in [9.17, 15) is 22.4 Å². The number of carbonyl (C=O) groups is 1. The van der Waals surface area contributed by atoms with E-state index in [4.69, 9.17) is 16.6 Å². The second-order valence-corrected chi connectivity index (χ2v) is 8.00. The lowest BCUT2D eigenvalue weighted by Gasteiger charge is -2.12. The Bertz CT molecular complexity index is 1470. The van der Waals surface area contributed by atoms with Gasteiger partial charge in [-0.05, 0) is 55.9 Å². The molecule has 0 radical (unpaired) electrons. The predicted molar refractivity (Wildman–Crippen MR) is 125 cm³/mol. The normalized spacial score (nSPS) is 10.9. The largest absolute Gasteiger partial charge is 0.491 e. The van der Waals surface area contributed by atoms with Gasteiger partial charge in [-0.2, -0.15) is 8.78 Å². The number of amides is 1. The van der Waals surface area contributed by atoms with Crippen LogP contribution in [0.5, 0.6) is 5.75 Å². The molecule has 0 saturated carbocycles. The van der Waals surface area contributed by atoms with E-state index in [2.05, 4.69) is 15.0 Å². The molecule has 0 spiro atoms. The summed E-state index contributed by atoms with van der Waals surface area (Å²) in [6, 6.07) is 10.6. The van der Waals surface area contributed by atoms with Crippen molar-refractivity contribution in [3.05, 3.63) is 76.4 Å². The number of oxazole rings is 1. The van der Waals surface area contributed by atoms with Crippen LogP contribution in [0.3, 0.4) is 0 Å². The molecule has 11 heteroatoms. The van der Waals surface area contributed by atoms with Crippen molar-refractivity contribution in [1.29, 1.82) is 0 Å². The van der Waals surface area contributed by atoms with Crippen molar-refractivity contribution in [2.24, 2.45) is 0 Å². The Kier molecular flexibility index (Phi) is 6.44. The molecule has 0 aliphatic rings. The molecule has 0 aliphatic carbocycles. The van der Waals surface area contributed by atoms with Gasteiger partial charge in [0.1, 0.15) is 11.1 Å². The van der Waals surface area contributed by atoms with Crippen molar-refractivity contribution in [1.82, 2.24) is 10.3 Å². The van der Waals surface area contributed by atoms with Gasteiger partial charge in [-0.15, -0.1) is 0 Å². The number of halogens is 4. The first-order valence-corrected chi connectivity index (χ1v) is 10.5. The summed E-state index contributed by atoms with van der Waals surface area (Å²) in [5.41, 5.74) is 2.79. The number of nitrogens with one attached hydrogen (secondary N) is 2. The highest BCUT2D eigenvalue weighted by atomic mass is 32.1. The van der Waals surface area contributed by atoms with E-state index < -0.39 is 40.5 Å². The Morgan fingerprint density at radius 3 is 2.31 bits per heavy atom. The molecule has 0 fully saturated rings. The molecular weight excluding hydrogens is 486 g/mol. The fourth-order valence-corrected chi connectivity index (χ4v) is 3.70. The third-order valence-corrected chi connectivity index (χ3v) is 5.34. The molecule has 35 heavy (non-hydrogen) atoms. The molecule has 1 aromatic heterocycles. The molecule has 0 saturated heterocycles. The fraction of sp³-hybridized carbons (Fsp3) is 0.125. The van der Waals surface area contributed by atoms with Crippen LogP contribution in [-0.4, -0.2) is 23.1 Å². The van der Waals surface area contributed by atoms with Gasteiger partial charge in [0.15, 0.2) is 28.1 Å². The molecule has 6 nitrogen and oxygen atoms in total. The maximum atomic E-state index is 14.2. The molecule has 0 unspecified atom stereocenters. The lowest BCUT2D eigenvalue weighted by molar-refractivity contribution is 0.0966. The Hall–Kier alpha value is -3.99. The molecule has 0 atom stereocenters. The summed E-state index contributed by atoms with van der Waals surface area (Å²) in [7, 11) is 0.829. The summed E-state index contributed by atoms with van der Waals surface area (Å²) >= 11 is 5.00. The number of fused-ring (bicyclic) bond motifs is 1. The minimum absolute atomic E-state index is 0.372. The molecule has 2 N–H and O–H groups in total. The highest BCUT2D eigenvalue weighted by Crippen LogP contribution is 2.30. The molecule has 0 bridgehead atoms. The number of aromatic nitrogens is 1. The molecule has 1 amide bonds. The van der Waals surface area contributed by atoms with Gasteiger partial charge in [-0.3, -0.25) is 10.1 Å². The van der Waals surface area contributed by atoms with Crippen LogP contribution in [0.2, 0.25) is 0 Å². The van der Waals surface area contributed by atoms with Crippen molar-refractivity contribution in [3.8, 4) is 17.2 Å². The van der Waals surface area contributed by atoms with Gasteiger partial charge in [0, 0.05) is 11.3 Å². The first-order chi connectivity index (χ1) is 16.6. The summed E-state index contributed by atoms with van der Waals surface area (Å²) < 4.78 is 66.3. The lowest BCUT2D eigenvalue weighted by Crippen LogP contribution is -2.35. The summed E-state index contributed by atoms with van der Waals surface area (Å²) in [5.74, 6) is -9.86. The van der Waals surface area contributed by atoms with Crippen molar-refractivity contribution < 1.29 is 31.5 Å². The van der Waals surface area contributed by atoms with Gasteiger partial charge in [0.05, 0.1) is 7.11 Å².